The van der Waals surface area contributed by atoms with Crippen LogP contribution < -0.4 is 4.74 Å². The third-order valence-corrected chi connectivity index (χ3v) is 6.85. The summed E-state index contributed by atoms with van der Waals surface area (Å²) in [5.41, 5.74) is 6.44. The van der Waals surface area contributed by atoms with E-state index in [4.69, 9.17) is 9.47 Å². The molecule has 3 heteroatoms. The Morgan fingerprint density at radius 1 is 0.824 bits per heavy atom. The molecule has 1 fully saturated rings. The van der Waals surface area contributed by atoms with Crippen molar-refractivity contribution in [2.45, 2.75) is 56.3 Å². The maximum atomic E-state index is 5.84. The van der Waals surface area contributed by atoms with E-state index in [2.05, 4.69) is 86.3 Å². The van der Waals surface area contributed by atoms with Crippen molar-refractivity contribution in [3.8, 4) is 16.9 Å². The molecule has 0 radical (unpaired) electrons. The van der Waals surface area contributed by atoms with E-state index in [-0.39, 0.29) is 0 Å². The first-order chi connectivity index (χ1) is 16.7. The Bertz CT molecular complexity index is 1050. The highest BCUT2D eigenvalue weighted by Gasteiger charge is 2.19. The lowest BCUT2D eigenvalue weighted by molar-refractivity contribution is 0.0981. The summed E-state index contributed by atoms with van der Waals surface area (Å²) in [6.07, 6.45) is 12.0. The standard InChI is InChI=1S/C31H36O2S/c1-2-3-20-32-21-22-33-29-15-12-25(13-16-29)27-14-19-31(26-6-4-5-7-26)28(23-27)11-8-24-9-17-30(34)18-10-24/h8-19,23,26,34H,2-7,20-22H2,1H3/b11-8+. The Morgan fingerprint density at radius 3 is 2.29 bits per heavy atom. The zero-order valence-electron chi connectivity index (χ0n) is 20.2. The number of hydrogen-bond donors (Lipinski definition) is 1. The van der Waals surface area contributed by atoms with Crippen LogP contribution in [0.3, 0.4) is 0 Å². The van der Waals surface area contributed by atoms with E-state index in [1.165, 1.54) is 53.5 Å². The minimum absolute atomic E-state index is 0.586. The van der Waals surface area contributed by atoms with E-state index < -0.39 is 0 Å². The van der Waals surface area contributed by atoms with Gasteiger partial charge >= 0.3 is 0 Å². The number of benzene rings is 3. The van der Waals surface area contributed by atoms with Crippen molar-refractivity contribution in [2.24, 2.45) is 0 Å². The van der Waals surface area contributed by atoms with Crippen molar-refractivity contribution in [3.05, 3.63) is 83.4 Å². The van der Waals surface area contributed by atoms with Gasteiger partial charge in [0, 0.05) is 11.5 Å². The van der Waals surface area contributed by atoms with Gasteiger partial charge in [0.2, 0.25) is 0 Å². The van der Waals surface area contributed by atoms with Crippen LogP contribution in [0.15, 0.2) is 71.6 Å². The maximum Gasteiger partial charge on any atom is 0.119 e. The first-order valence-electron chi connectivity index (χ1n) is 12.6. The first kappa shape index (κ1) is 24.6. The molecule has 178 valence electrons. The zero-order chi connectivity index (χ0) is 23.6. The Kier molecular flexibility index (Phi) is 9.29. The lowest BCUT2D eigenvalue weighted by Gasteiger charge is -2.15. The molecule has 0 amide bonds. The third kappa shape index (κ3) is 7.01. The molecular formula is C31H36O2S. The van der Waals surface area contributed by atoms with E-state index in [1.54, 1.807) is 0 Å². The summed E-state index contributed by atoms with van der Waals surface area (Å²) in [7, 11) is 0. The Hall–Kier alpha value is -2.49. The SMILES string of the molecule is CCCCOCCOc1ccc(-c2ccc(C3CCCC3)c(/C=C/c3ccc(S)cc3)c2)cc1. The van der Waals surface area contributed by atoms with Crippen LogP contribution in [-0.2, 0) is 4.74 Å². The smallest absolute Gasteiger partial charge is 0.119 e. The fourth-order valence-corrected chi connectivity index (χ4v) is 4.74. The predicted molar refractivity (Wildman–Crippen MR) is 147 cm³/mol. The van der Waals surface area contributed by atoms with E-state index in [1.807, 2.05) is 12.1 Å². The fraction of sp³-hybridized carbons (Fsp3) is 0.355. The van der Waals surface area contributed by atoms with Gasteiger partial charge in [0.1, 0.15) is 12.4 Å². The van der Waals surface area contributed by atoms with Gasteiger partial charge < -0.3 is 9.47 Å². The maximum absolute atomic E-state index is 5.84. The molecule has 1 aliphatic carbocycles. The monoisotopic (exact) mass is 472 g/mol. The van der Waals surface area contributed by atoms with Crippen molar-refractivity contribution in [1.29, 1.82) is 0 Å². The molecule has 0 N–H and O–H groups in total. The molecule has 4 rings (SSSR count). The second-order valence-corrected chi connectivity index (χ2v) is 9.61. The molecular weight excluding hydrogens is 436 g/mol. The minimum atomic E-state index is 0.586. The van der Waals surface area contributed by atoms with E-state index in [9.17, 15) is 0 Å². The number of hydrogen-bond acceptors (Lipinski definition) is 3. The predicted octanol–water partition coefficient (Wildman–Crippen LogP) is 8.67. The molecule has 0 saturated heterocycles. The molecule has 0 aliphatic heterocycles. The van der Waals surface area contributed by atoms with Gasteiger partial charge in [-0.15, -0.1) is 12.6 Å². The third-order valence-electron chi connectivity index (χ3n) is 6.56. The molecule has 1 saturated carbocycles. The summed E-state index contributed by atoms with van der Waals surface area (Å²) < 4.78 is 11.4. The second kappa shape index (κ2) is 12.8. The zero-order valence-corrected chi connectivity index (χ0v) is 21.1. The molecule has 34 heavy (non-hydrogen) atoms. The molecule has 0 spiro atoms. The van der Waals surface area contributed by atoms with Gasteiger partial charge in [0.15, 0.2) is 0 Å². The summed E-state index contributed by atoms with van der Waals surface area (Å²) in [6.45, 7) is 4.20. The van der Waals surface area contributed by atoms with Crippen molar-refractivity contribution < 1.29 is 9.47 Å². The molecule has 0 atom stereocenters. The molecule has 0 aromatic heterocycles. The second-order valence-electron chi connectivity index (χ2n) is 9.09. The van der Waals surface area contributed by atoms with Gasteiger partial charge in [-0.3, -0.25) is 0 Å². The van der Waals surface area contributed by atoms with Crippen LogP contribution in [-0.4, -0.2) is 19.8 Å². The molecule has 0 bridgehead atoms. The highest BCUT2D eigenvalue weighted by atomic mass is 32.1. The van der Waals surface area contributed by atoms with Crippen LogP contribution in [0.1, 0.15) is 68.1 Å². The Balaban J connectivity index is 1.48. The summed E-state index contributed by atoms with van der Waals surface area (Å²) >= 11 is 4.40. The van der Waals surface area contributed by atoms with Crippen molar-refractivity contribution >= 4 is 24.8 Å². The number of thiol groups is 1. The van der Waals surface area contributed by atoms with Crippen molar-refractivity contribution in [3.63, 3.8) is 0 Å². The van der Waals surface area contributed by atoms with Crippen LogP contribution in [0.5, 0.6) is 5.75 Å². The summed E-state index contributed by atoms with van der Waals surface area (Å²) in [6, 6.07) is 23.7. The Labute approximate surface area is 210 Å². The summed E-state index contributed by atoms with van der Waals surface area (Å²) in [4.78, 5) is 0.988. The van der Waals surface area contributed by atoms with Crippen LogP contribution >= 0.6 is 12.6 Å². The lowest BCUT2D eigenvalue weighted by atomic mass is 9.89. The molecule has 3 aromatic carbocycles. The van der Waals surface area contributed by atoms with Gasteiger partial charge in [-0.25, -0.2) is 0 Å². The van der Waals surface area contributed by atoms with Crippen LogP contribution in [0.2, 0.25) is 0 Å². The largest absolute Gasteiger partial charge is 0.491 e. The van der Waals surface area contributed by atoms with Gasteiger partial charge in [0.25, 0.3) is 0 Å². The first-order valence-corrected chi connectivity index (χ1v) is 13.1. The van der Waals surface area contributed by atoms with Crippen molar-refractivity contribution in [2.75, 3.05) is 19.8 Å². The highest BCUT2D eigenvalue weighted by Crippen LogP contribution is 2.38. The minimum Gasteiger partial charge on any atom is -0.491 e. The van der Waals surface area contributed by atoms with E-state index >= 15 is 0 Å². The van der Waals surface area contributed by atoms with E-state index in [0.29, 0.717) is 19.1 Å². The van der Waals surface area contributed by atoms with Gasteiger partial charge in [-0.1, -0.05) is 74.7 Å². The topological polar surface area (TPSA) is 18.5 Å². The lowest BCUT2D eigenvalue weighted by Crippen LogP contribution is -2.07. The van der Waals surface area contributed by atoms with Crippen molar-refractivity contribution in [1.82, 2.24) is 0 Å². The molecule has 0 heterocycles. The molecule has 0 unspecified atom stereocenters. The number of unbranched alkanes of at least 4 members (excludes halogenated alkanes) is 1. The number of ether oxygens (including phenoxy) is 2. The summed E-state index contributed by atoms with van der Waals surface area (Å²) in [5, 5.41) is 0. The normalized spacial score (nSPS) is 14.2. The average Bonchev–Trinajstić information content (AvgIpc) is 3.41. The molecule has 3 aromatic rings. The fourth-order valence-electron chi connectivity index (χ4n) is 4.59. The average molecular weight is 473 g/mol. The highest BCUT2D eigenvalue weighted by molar-refractivity contribution is 7.80. The van der Waals surface area contributed by atoms with E-state index in [0.717, 1.165) is 30.1 Å². The molecule has 1 aliphatic rings. The quantitative estimate of drug-likeness (QED) is 0.171. The van der Waals surface area contributed by atoms with Crippen LogP contribution in [0.25, 0.3) is 23.3 Å². The van der Waals surface area contributed by atoms with Crippen LogP contribution in [0, 0.1) is 0 Å². The summed E-state index contributed by atoms with van der Waals surface area (Å²) in [5.74, 6) is 1.56. The molecule has 2 nitrogen and oxygen atoms in total. The van der Waals surface area contributed by atoms with Gasteiger partial charge in [-0.2, -0.15) is 0 Å². The van der Waals surface area contributed by atoms with Crippen LogP contribution in [0.4, 0.5) is 0 Å². The number of rotatable bonds is 11. The van der Waals surface area contributed by atoms with Gasteiger partial charge in [0.05, 0.1) is 6.61 Å². The Morgan fingerprint density at radius 2 is 1.56 bits per heavy atom. The van der Waals surface area contributed by atoms with Gasteiger partial charge in [-0.05, 0) is 83.3 Å².